The summed E-state index contributed by atoms with van der Waals surface area (Å²) in [6, 6.07) is 8.89. The van der Waals surface area contributed by atoms with Gasteiger partial charge < -0.3 is 35.3 Å². The average molecular weight is 559 g/mol. The number of benzene rings is 1. The number of aromatic nitrogens is 2. The number of hydrogen-bond acceptors (Lipinski definition) is 11. The van der Waals surface area contributed by atoms with Crippen LogP contribution in [0, 0.1) is 0 Å². The topological polar surface area (TPSA) is 184 Å². The molecular formula is C26H34N6O8. The number of aliphatic hydroxyl groups excluding tert-OH is 1. The Morgan fingerprint density at radius 2 is 1.77 bits per heavy atom. The second-order valence-electron chi connectivity index (χ2n) is 9.04. The maximum Gasteiger partial charge on any atom is 0.527 e. The minimum absolute atomic E-state index is 0.0396. The van der Waals surface area contributed by atoms with Crippen LogP contribution in [0.4, 0.5) is 10.6 Å². The van der Waals surface area contributed by atoms with E-state index in [-0.39, 0.29) is 69.8 Å². The van der Waals surface area contributed by atoms with E-state index in [9.17, 15) is 29.4 Å². The molecule has 0 radical (unpaired) electrons. The van der Waals surface area contributed by atoms with Crippen molar-refractivity contribution in [2.75, 3.05) is 44.7 Å². The van der Waals surface area contributed by atoms with Gasteiger partial charge in [-0.2, -0.15) is 0 Å². The third kappa shape index (κ3) is 8.88. The molecule has 1 aromatic heterocycles. The number of carboxylic acid groups (broad SMARTS) is 1. The van der Waals surface area contributed by atoms with Gasteiger partial charge in [0.2, 0.25) is 5.91 Å². The summed E-state index contributed by atoms with van der Waals surface area (Å²) in [4.78, 5) is 64.9. The lowest BCUT2D eigenvalue weighted by Crippen LogP contribution is -2.55. The molecule has 14 heteroatoms. The number of carboxylic acids is 1. The number of carbonyl (C=O) groups is 4. The molecule has 1 aromatic carbocycles. The minimum Gasteiger partial charge on any atom is -0.481 e. The monoisotopic (exact) mass is 558 g/mol. The maximum atomic E-state index is 13.3. The first-order valence-electron chi connectivity index (χ1n) is 12.9. The highest BCUT2D eigenvalue weighted by atomic mass is 16.8. The Bertz CT molecular complexity index is 1170. The van der Waals surface area contributed by atoms with Gasteiger partial charge in [-0.1, -0.05) is 30.3 Å². The lowest BCUT2D eigenvalue weighted by Gasteiger charge is -2.35. The summed E-state index contributed by atoms with van der Waals surface area (Å²) in [5, 5.41) is 25.7. The third-order valence-corrected chi connectivity index (χ3v) is 5.93. The molecule has 2 amide bonds. The van der Waals surface area contributed by atoms with Gasteiger partial charge in [0.25, 0.3) is 5.91 Å². The average Bonchev–Trinajstić information content (AvgIpc) is 2.95. The molecule has 216 valence electrons. The first kappa shape index (κ1) is 30.2. The molecule has 1 aliphatic heterocycles. The summed E-state index contributed by atoms with van der Waals surface area (Å²) in [6.07, 6.45) is -1.32. The van der Waals surface area contributed by atoms with Crippen molar-refractivity contribution in [3.05, 3.63) is 42.1 Å². The summed E-state index contributed by atoms with van der Waals surface area (Å²) in [7, 11) is 0. The fourth-order valence-electron chi connectivity index (χ4n) is 3.88. The quantitative estimate of drug-likeness (QED) is 0.273. The number of ether oxygens (including phenoxy) is 1. The van der Waals surface area contributed by atoms with Crippen molar-refractivity contribution in [2.24, 2.45) is 0 Å². The van der Waals surface area contributed by atoms with Crippen LogP contribution in [0.25, 0.3) is 11.4 Å². The lowest BCUT2D eigenvalue weighted by atomic mass is 10.1. The van der Waals surface area contributed by atoms with Gasteiger partial charge in [0, 0.05) is 37.2 Å². The summed E-state index contributed by atoms with van der Waals surface area (Å²) in [5.41, 5.74) is 0.612. The highest BCUT2D eigenvalue weighted by Gasteiger charge is 2.31. The van der Waals surface area contributed by atoms with Crippen molar-refractivity contribution in [1.29, 1.82) is 0 Å². The number of anilines is 1. The number of aliphatic carboxylic acids is 1. The summed E-state index contributed by atoms with van der Waals surface area (Å²) < 4.78 is 4.76. The minimum atomic E-state index is -1.14. The molecule has 14 nitrogen and oxygen atoms in total. The normalized spacial score (nSPS) is 15.0. The third-order valence-electron chi connectivity index (χ3n) is 5.93. The highest BCUT2D eigenvalue weighted by Crippen LogP contribution is 2.19. The van der Waals surface area contributed by atoms with E-state index >= 15 is 0 Å². The molecule has 0 bridgehead atoms. The van der Waals surface area contributed by atoms with E-state index in [0.717, 1.165) is 0 Å². The zero-order chi connectivity index (χ0) is 29.1. The number of carbonyl (C=O) groups excluding carboxylic acids is 3. The molecule has 2 atom stereocenters. The molecule has 0 aliphatic carbocycles. The van der Waals surface area contributed by atoms with Crippen molar-refractivity contribution in [3.8, 4) is 11.4 Å². The van der Waals surface area contributed by atoms with Gasteiger partial charge in [0.15, 0.2) is 5.82 Å². The van der Waals surface area contributed by atoms with Gasteiger partial charge in [0.05, 0.1) is 26.3 Å². The van der Waals surface area contributed by atoms with Crippen LogP contribution in [0.2, 0.25) is 0 Å². The number of piperazine rings is 1. The van der Waals surface area contributed by atoms with Crippen molar-refractivity contribution < 1.29 is 39.0 Å². The van der Waals surface area contributed by atoms with E-state index in [1.807, 2.05) is 6.07 Å². The van der Waals surface area contributed by atoms with E-state index in [1.165, 1.54) is 16.0 Å². The molecule has 0 unspecified atom stereocenters. The molecule has 0 saturated carbocycles. The smallest absolute Gasteiger partial charge is 0.481 e. The van der Waals surface area contributed by atoms with Gasteiger partial charge >= 0.3 is 12.1 Å². The number of nitrogens with zero attached hydrogens (tertiary/aromatic N) is 4. The summed E-state index contributed by atoms with van der Waals surface area (Å²) in [6.45, 7) is 4.20. The molecule has 2 heterocycles. The van der Waals surface area contributed by atoms with Gasteiger partial charge in [-0.15, -0.1) is 5.06 Å². The largest absolute Gasteiger partial charge is 0.527 e. The van der Waals surface area contributed by atoms with Crippen LogP contribution in [0.5, 0.6) is 0 Å². The number of amides is 2. The lowest BCUT2D eigenvalue weighted by molar-refractivity contribution is -0.157. The second kappa shape index (κ2) is 14.7. The molecule has 40 heavy (non-hydrogen) atoms. The number of hydroxylamine groups is 2. The fraction of sp³-hybridized carbons (Fsp3) is 0.462. The molecule has 1 aliphatic rings. The Hall–Kier alpha value is -4.30. The Balaban J connectivity index is 1.77. The molecule has 3 rings (SSSR count). The van der Waals surface area contributed by atoms with Crippen LogP contribution in [-0.4, -0.2) is 106 Å². The van der Waals surface area contributed by atoms with E-state index in [1.54, 1.807) is 38.1 Å². The van der Waals surface area contributed by atoms with E-state index in [0.29, 0.717) is 11.4 Å². The van der Waals surface area contributed by atoms with E-state index < -0.39 is 30.0 Å². The first-order chi connectivity index (χ1) is 19.2. The van der Waals surface area contributed by atoms with Crippen LogP contribution >= 0.6 is 0 Å². The number of hydrogen-bond donors (Lipinski definition) is 4. The Kier molecular flexibility index (Phi) is 11.1. The summed E-state index contributed by atoms with van der Waals surface area (Å²) >= 11 is 0. The second-order valence-corrected chi connectivity index (χ2v) is 9.04. The first-order valence-corrected chi connectivity index (χ1v) is 12.9. The number of rotatable bonds is 12. The Morgan fingerprint density at radius 3 is 2.40 bits per heavy atom. The van der Waals surface area contributed by atoms with Gasteiger partial charge in [-0.25, -0.2) is 14.8 Å². The van der Waals surface area contributed by atoms with Crippen LogP contribution in [-0.2, 0) is 19.2 Å². The van der Waals surface area contributed by atoms with Crippen LogP contribution in [0.1, 0.15) is 37.2 Å². The Labute approximate surface area is 231 Å². The predicted molar refractivity (Wildman–Crippen MR) is 142 cm³/mol. The van der Waals surface area contributed by atoms with Gasteiger partial charge in [-0.3, -0.25) is 14.4 Å². The SMILES string of the molecule is CCOC(=O)ON1CCN(C(=O)[C@H](CCC(=O)O)NC(=O)c2cc(N[C@H](C)CO)nc(-c3ccccc3)n2)CC1. The fourth-order valence-corrected chi connectivity index (χ4v) is 3.88. The van der Waals surface area contributed by atoms with E-state index in [2.05, 4.69) is 20.6 Å². The molecule has 1 fully saturated rings. The van der Waals surface area contributed by atoms with Crippen molar-refractivity contribution in [3.63, 3.8) is 0 Å². The maximum absolute atomic E-state index is 13.3. The predicted octanol–water partition coefficient (Wildman–Crippen LogP) is 1.13. The van der Waals surface area contributed by atoms with Crippen LogP contribution in [0.3, 0.4) is 0 Å². The number of nitrogens with one attached hydrogen (secondary N) is 2. The molecule has 2 aromatic rings. The zero-order valence-corrected chi connectivity index (χ0v) is 22.4. The molecule has 0 spiro atoms. The highest BCUT2D eigenvalue weighted by molar-refractivity contribution is 5.97. The van der Waals surface area contributed by atoms with Crippen molar-refractivity contribution >= 4 is 29.8 Å². The zero-order valence-electron chi connectivity index (χ0n) is 22.4. The molecule has 1 saturated heterocycles. The van der Waals surface area contributed by atoms with Crippen molar-refractivity contribution in [1.82, 2.24) is 25.2 Å². The summed E-state index contributed by atoms with van der Waals surface area (Å²) in [5.74, 6) is -1.71. The van der Waals surface area contributed by atoms with Crippen LogP contribution in [0.15, 0.2) is 36.4 Å². The van der Waals surface area contributed by atoms with Crippen molar-refractivity contribution in [2.45, 2.75) is 38.8 Å². The van der Waals surface area contributed by atoms with E-state index in [4.69, 9.17) is 9.57 Å². The Morgan fingerprint density at radius 1 is 1.07 bits per heavy atom. The molecule has 4 N–H and O–H groups in total. The molecular weight excluding hydrogens is 524 g/mol. The standard InChI is InChI=1S/C26H34N6O8/c1-3-39-26(38)40-32-13-11-31(12-14-32)25(37)19(9-10-22(34)35)29-24(36)20-15-21(27-17(2)16-33)30-23(28-20)18-7-5-4-6-8-18/h4-8,15,17,19,33H,3,9-14,16H2,1-2H3,(H,29,36)(H,34,35)(H,27,28,30)/t17-,19+/m1/s1. The van der Waals surface area contributed by atoms with Gasteiger partial charge in [-0.05, 0) is 20.3 Å². The number of aliphatic hydroxyl groups is 1. The van der Waals surface area contributed by atoms with Gasteiger partial charge in [0.1, 0.15) is 17.6 Å². The van der Waals surface area contributed by atoms with Crippen LogP contribution < -0.4 is 10.6 Å².